The maximum absolute atomic E-state index is 11.8. The number of rotatable bonds is 6. The molecular formula is C15H20ClNO4. The Morgan fingerprint density at radius 1 is 1.29 bits per heavy atom. The molecule has 0 aliphatic rings. The first-order valence-electron chi connectivity index (χ1n) is 6.65. The van der Waals surface area contributed by atoms with Gasteiger partial charge in [0.05, 0.1) is 7.11 Å². The van der Waals surface area contributed by atoms with Crippen molar-refractivity contribution in [2.24, 2.45) is 5.92 Å². The van der Waals surface area contributed by atoms with Crippen LogP contribution >= 0.6 is 11.6 Å². The van der Waals surface area contributed by atoms with E-state index in [4.69, 9.17) is 16.3 Å². The van der Waals surface area contributed by atoms with Crippen LogP contribution in [0.5, 0.6) is 5.75 Å². The molecule has 5 nitrogen and oxygen atoms in total. The lowest BCUT2D eigenvalue weighted by atomic mass is 10.1. The third-order valence-electron chi connectivity index (χ3n) is 3.10. The highest BCUT2D eigenvalue weighted by molar-refractivity contribution is 6.30. The van der Waals surface area contributed by atoms with Crippen LogP contribution in [0.2, 0.25) is 5.02 Å². The number of amides is 1. The molecule has 0 bridgehead atoms. The fourth-order valence-corrected chi connectivity index (χ4v) is 1.66. The molecule has 0 heterocycles. The fourth-order valence-electron chi connectivity index (χ4n) is 1.50. The van der Waals surface area contributed by atoms with Crippen molar-refractivity contribution in [3.63, 3.8) is 0 Å². The van der Waals surface area contributed by atoms with Gasteiger partial charge in [-0.25, -0.2) is 4.79 Å². The van der Waals surface area contributed by atoms with Gasteiger partial charge in [-0.2, -0.15) is 0 Å². The Hall–Kier alpha value is -1.75. The molecule has 21 heavy (non-hydrogen) atoms. The largest absolute Gasteiger partial charge is 0.483 e. The summed E-state index contributed by atoms with van der Waals surface area (Å²) in [7, 11) is 1.28. The molecule has 1 aromatic rings. The summed E-state index contributed by atoms with van der Waals surface area (Å²) in [5.41, 5.74) is 0.228. The van der Waals surface area contributed by atoms with Crippen molar-refractivity contribution < 1.29 is 19.1 Å². The molecule has 1 aromatic carbocycles. The van der Waals surface area contributed by atoms with Crippen molar-refractivity contribution in [3.05, 3.63) is 28.8 Å². The molecule has 0 fully saturated rings. The Morgan fingerprint density at radius 3 is 2.52 bits per heavy atom. The smallest absolute Gasteiger partial charge is 0.341 e. The number of esters is 1. The first-order valence-corrected chi connectivity index (χ1v) is 7.03. The van der Waals surface area contributed by atoms with Crippen LogP contribution in [0.15, 0.2) is 18.2 Å². The van der Waals surface area contributed by atoms with Crippen LogP contribution < -0.4 is 10.1 Å². The van der Waals surface area contributed by atoms with Gasteiger partial charge in [0.25, 0.3) is 5.91 Å². The van der Waals surface area contributed by atoms with Crippen molar-refractivity contribution in [3.8, 4) is 5.75 Å². The van der Waals surface area contributed by atoms with Crippen molar-refractivity contribution in [2.45, 2.75) is 26.8 Å². The lowest BCUT2D eigenvalue weighted by Crippen LogP contribution is -2.39. The molecule has 1 rings (SSSR count). The molecule has 1 atom stereocenters. The Morgan fingerprint density at radius 2 is 1.95 bits per heavy atom. The van der Waals surface area contributed by atoms with Crippen molar-refractivity contribution in [2.75, 3.05) is 13.7 Å². The van der Waals surface area contributed by atoms with E-state index in [9.17, 15) is 9.59 Å². The minimum Gasteiger partial charge on any atom is -0.483 e. The van der Waals surface area contributed by atoms with Crippen molar-refractivity contribution >= 4 is 23.5 Å². The zero-order chi connectivity index (χ0) is 16.0. The number of carbonyl (C=O) groups excluding carboxylic acids is 2. The third kappa shape index (κ3) is 5.27. The summed E-state index contributed by atoms with van der Waals surface area (Å²) in [6, 6.07) is 4.58. The number of ether oxygens (including phenoxy) is 2. The summed E-state index contributed by atoms with van der Waals surface area (Å²) in [6.07, 6.45) is 0. The second kappa shape index (κ2) is 7.88. The maximum atomic E-state index is 11.8. The van der Waals surface area contributed by atoms with Crippen LogP contribution in [0, 0.1) is 5.92 Å². The number of hydrogen-bond acceptors (Lipinski definition) is 4. The van der Waals surface area contributed by atoms with Gasteiger partial charge in [0.15, 0.2) is 6.61 Å². The number of nitrogens with one attached hydrogen (secondary N) is 1. The monoisotopic (exact) mass is 313 g/mol. The Bertz CT molecular complexity index is 516. The first-order chi connectivity index (χ1) is 9.85. The molecule has 0 saturated carbocycles. The fraction of sp³-hybridized carbons (Fsp3) is 0.467. The Kier molecular flexibility index (Phi) is 6.49. The van der Waals surface area contributed by atoms with Crippen LogP contribution in [0.4, 0.5) is 0 Å². The van der Waals surface area contributed by atoms with E-state index < -0.39 is 5.97 Å². The number of halogens is 1. The van der Waals surface area contributed by atoms with Crippen LogP contribution in [-0.2, 0) is 9.53 Å². The minimum atomic E-state index is -0.544. The molecule has 0 saturated heterocycles. The number of carbonyl (C=O) groups is 2. The zero-order valence-corrected chi connectivity index (χ0v) is 13.4. The van der Waals surface area contributed by atoms with E-state index in [2.05, 4.69) is 10.1 Å². The van der Waals surface area contributed by atoms with E-state index in [-0.39, 0.29) is 29.9 Å². The van der Waals surface area contributed by atoms with Gasteiger partial charge in [-0.3, -0.25) is 4.79 Å². The molecule has 0 aliphatic heterocycles. The summed E-state index contributed by atoms with van der Waals surface area (Å²) in [5.74, 6) is -0.253. The third-order valence-corrected chi connectivity index (χ3v) is 3.33. The number of hydrogen-bond donors (Lipinski definition) is 1. The van der Waals surface area contributed by atoms with Gasteiger partial charge in [-0.15, -0.1) is 0 Å². The quantitative estimate of drug-likeness (QED) is 0.820. The second-order valence-electron chi connectivity index (χ2n) is 5.02. The summed E-state index contributed by atoms with van der Waals surface area (Å²) < 4.78 is 10.0. The van der Waals surface area contributed by atoms with E-state index >= 15 is 0 Å². The average molecular weight is 314 g/mol. The van der Waals surface area contributed by atoms with E-state index in [1.807, 2.05) is 20.8 Å². The minimum absolute atomic E-state index is 0.0422. The summed E-state index contributed by atoms with van der Waals surface area (Å²) in [6.45, 7) is 5.75. The summed E-state index contributed by atoms with van der Waals surface area (Å²) >= 11 is 5.87. The van der Waals surface area contributed by atoms with Gasteiger partial charge in [-0.05, 0) is 31.0 Å². The number of methoxy groups -OCH3 is 1. The molecule has 0 aromatic heterocycles. The second-order valence-corrected chi connectivity index (χ2v) is 5.46. The molecule has 0 spiro atoms. The molecule has 116 valence electrons. The van der Waals surface area contributed by atoms with Crippen molar-refractivity contribution in [1.82, 2.24) is 5.32 Å². The van der Waals surface area contributed by atoms with Gasteiger partial charge >= 0.3 is 5.97 Å². The lowest BCUT2D eigenvalue weighted by Gasteiger charge is -2.18. The maximum Gasteiger partial charge on any atom is 0.341 e. The van der Waals surface area contributed by atoms with E-state index in [0.717, 1.165) is 0 Å². The topological polar surface area (TPSA) is 64.6 Å². The molecule has 0 radical (unpaired) electrons. The van der Waals surface area contributed by atoms with Gasteiger partial charge in [0.1, 0.15) is 11.3 Å². The van der Waals surface area contributed by atoms with Gasteiger partial charge in [-0.1, -0.05) is 25.4 Å². The van der Waals surface area contributed by atoms with Crippen molar-refractivity contribution in [1.29, 1.82) is 0 Å². The van der Waals surface area contributed by atoms with E-state index in [1.54, 1.807) is 6.07 Å². The highest BCUT2D eigenvalue weighted by Crippen LogP contribution is 2.24. The van der Waals surface area contributed by atoms with Crippen LogP contribution in [-0.4, -0.2) is 31.6 Å². The molecule has 1 unspecified atom stereocenters. The molecule has 1 amide bonds. The Balaban J connectivity index is 2.72. The predicted molar refractivity (Wildman–Crippen MR) is 80.7 cm³/mol. The van der Waals surface area contributed by atoms with Crippen LogP contribution in [0.25, 0.3) is 0 Å². The first kappa shape index (κ1) is 17.3. The molecule has 1 N–H and O–H groups in total. The van der Waals surface area contributed by atoms with Gasteiger partial charge < -0.3 is 14.8 Å². The zero-order valence-electron chi connectivity index (χ0n) is 12.6. The van der Waals surface area contributed by atoms with Gasteiger partial charge in [0.2, 0.25) is 0 Å². The number of benzene rings is 1. The summed E-state index contributed by atoms with van der Waals surface area (Å²) in [5, 5.41) is 3.22. The van der Waals surface area contributed by atoms with E-state index in [0.29, 0.717) is 10.9 Å². The average Bonchev–Trinajstić information content (AvgIpc) is 2.44. The molecule has 6 heteroatoms. The van der Waals surface area contributed by atoms with Crippen LogP contribution in [0.1, 0.15) is 31.1 Å². The Labute approximate surface area is 129 Å². The molecule has 0 aliphatic carbocycles. The predicted octanol–water partition coefficient (Wildman–Crippen LogP) is 2.67. The normalized spacial score (nSPS) is 11.9. The van der Waals surface area contributed by atoms with Gasteiger partial charge in [0, 0.05) is 11.1 Å². The SMILES string of the molecule is COC(=O)c1ccc(Cl)cc1OCC(=O)NC(C)C(C)C. The standard InChI is InChI=1S/C15H20ClNO4/c1-9(2)10(3)17-14(18)8-21-13-7-11(16)5-6-12(13)15(19)20-4/h5-7,9-10H,8H2,1-4H3,(H,17,18). The lowest BCUT2D eigenvalue weighted by molar-refractivity contribution is -0.124. The summed E-state index contributed by atoms with van der Waals surface area (Å²) in [4.78, 5) is 23.4. The molecular weight excluding hydrogens is 294 g/mol. The van der Waals surface area contributed by atoms with Crippen LogP contribution in [0.3, 0.4) is 0 Å². The highest BCUT2D eigenvalue weighted by atomic mass is 35.5. The highest BCUT2D eigenvalue weighted by Gasteiger charge is 2.16. The van der Waals surface area contributed by atoms with E-state index in [1.165, 1.54) is 19.2 Å².